The van der Waals surface area contributed by atoms with Crippen LogP contribution in [0.3, 0.4) is 0 Å². The first-order valence-corrected chi connectivity index (χ1v) is 6.25. The molecule has 0 amide bonds. The Labute approximate surface area is 106 Å². The van der Waals surface area contributed by atoms with Gasteiger partial charge in [-0.1, -0.05) is 28.1 Å². The fourth-order valence-electron chi connectivity index (χ4n) is 1.46. The molecule has 1 N–H and O–H groups in total. The molecule has 3 heteroatoms. The summed E-state index contributed by atoms with van der Waals surface area (Å²) in [5.74, 6) is 0. The summed E-state index contributed by atoms with van der Waals surface area (Å²) in [6, 6.07) is 8.62. The molecule has 0 aliphatic carbocycles. The SMILES string of the molecule is CC(CC(=N)Cc1ccc(Br)cc1)N(C)C. The zero-order chi connectivity index (χ0) is 12.1. The maximum atomic E-state index is 7.97. The van der Waals surface area contributed by atoms with Gasteiger partial charge in [-0.3, -0.25) is 0 Å². The lowest BCUT2D eigenvalue weighted by atomic mass is 10.0. The first kappa shape index (κ1) is 13.4. The van der Waals surface area contributed by atoms with Crippen molar-refractivity contribution in [2.45, 2.75) is 25.8 Å². The third kappa shape index (κ3) is 4.45. The Morgan fingerprint density at radius 3 is 2.38 bits per heavy atom. The molecule has 0 saturated carbocycles. The standard InChI is InChI=1S/C13H19BrN2/c1-10(16(2)3)8-13(15)9-11-4-6-12(14)7-5-11/h4-7,10,15H,8-9H2,1-3H3. The Bertz CT molecular complexity index is 343. The Kier molecular flexibility index (Phi) is 5.16. The van der Waals surface area contributed by atoms with Gasteiger partial charge in [0.25, 0.3) is 0 Å². The van der Waals surface area contributed by atoms with Crippen LogP contribution in [0.1, 0.15) is 18.9 Å². The number of hydrogen-bond donors (Lipinski definition) is 1. The molecule has 0 aliphatic rings. The fourth-order valence-corrected chi connectivity index (χ4v) is 1.72. The Morgan fingerprint density at radius 1 is 1.31 bits per heavy atom. The zero-order valence-corrected chi connectivity index (χ0v) is 11.7. The van der Waals surface area contributed by atoms with Crippen LogP contribution in [-0.2, 0) is 6.42 Å². The molecule has 0 saturated heterocycles. The molecule has 0 spiro atoms. The first-order chi connectivity index (χ1) is 7.49. The highest BCUT2D eigenvalue weighted by molar-refractivity contribution is 9.10. The van der Waals surface area contributed by atoms with Crippen molar-refractivity contribution in [3.63, 3.8) is 0 Å². The maximum absolute atomic E-state index is 7.97. The molecule has 0 radical (unpaired) electrons. The molecule has 1 atom stereocenters. The zero-order valence-electron chi connectivity index (χ0n) is 10.1. The van der Waals surface area contributed by atoms with Crippen molar-refractivity contribution >= 4 is 21.6 Å². The van der Waals surface area contributed by atoms with Gasteiger partial charge < -0.3 is 10.3 Å². The molecule has 0 heterocycles. The highest BCUT2D eigenvalue weighted by Gasteiger charge is 2.08. The van der Waals surface area contributed by atoms with E-state index in [0.29, 0.717) is 6.04 Å². The van der Waals surface area contributed by atoms with Gasteiger partial charge in [-0.15, -0.1) is 0 Å². The van der Waals surface area contributed by atoms with Crippen molar-refractivity contribution in [2.24, 2.45) is 0 Å². The molecule has 1 aromatic rings. The van der Waals surface area contributed by atoms with E-state index in [-0.39, 0.29) is 0 Å². The number of halogens is 1. The van der Waals surface area contributed by atoms with Crippen molar-refractivity contribution in [3.8, 4) is 0 Å². The molecule has 2 nitrogen and oxygen atoms in total. The highest BCUT2D eigenvalue weighted by Crippen LogP contribution is 2.12. The van der Waals surface area contributed by atoms with Gasteiger partial charge in [-0.05, 0) is 38.7 Å². The number of nitrogens with one attached hydrogen (secondary N) is 1. The second-order valence-electron chi connectivity index (χ2n) is 4.42. The average Bonchev–Trinajstić information content (AvgIpc) is 2.21. The summed E-state index contributed by atoms with van der Waals surface area (Å²) in [5, 5.41) is 7.97. The van der Waals surface area contributed by atoms with Gasteiger partial charge in [0, 0.05) is 29.1 Å². The van der Waals surface area contributed by atoms with E-state index in [1.807, 2.05) is 12.1 Å². The van der Waals surface area contributed by atoms with Crippen LogP contribution in [-0.4, -0.2) is 30.7 Å². The number of hydrogen-bond acceptors (Lipinski definition) is 2. The van der Waals surface area contributed by atoms with E-state index in [2.05, 4.69) is 54.0 Å². The van der Waals surface area contributed by atoms with Crippen molar-refractivity contribution in [1.29, 1.82) is 5.41 Å². The van der Waals surface area contributed by atoms with E-state index >= 15 is 0 Å². The Morgan fingerprint density at radius 2 is 1.88 bits per heavy atom. The third-order valence-electron chi connectivity index (χ3n) is 2.75. The summed E-state index contributed by atoms with van der Waals surface area (Å²) in [4.78, 5) is 2.15. The summed E-state index contributed by atoms with van der Waals surface area (Å²) in [5.41, 5.74) is 2.00. The molecule has 16 heavy (non-hydrogen) atoms. The highest BCUT2D eigenvalue weighted by atomic mass is 79.9. The van der Waals surface area contributed by atoms with Crippen LogP contribution in [0, 0.1) is 5.41 Å². The quantitative estimate of drug-likeness (QED) is 0.824. The van der Waals surface area contributed by atoms with Crippen LogP contribution in [0.4, 0.5) is 0 Å². The average molecular weight is 283 g/mol. The Balaban J connectivity index is 2.48. The van der Waals surface area contributed by atoms with Crippen LogP contribution in [0.15, 0.2) is 28.7 Å². The van der Waals surface area contributed by atoms with Crippen molar-refractivity contribution < 1.29 is 0 Å². The van der Waals surface area contributed by atoms with Gasteiger partial charge in [-0.2, -0.15) is 0 Å². The second kappa shape index (κ2) is 6.16. The summed E-state index contributed by atoms with van der Waals surface area (Å²) in [7, 11) is 4.11. The van der Waals surface area contributed by atoms with Gasteiger partial charge in [0.1, 0.15) is 0 Å². The van der Waals surface area contributed by atoms with Crippen molar-refractivity contribution in [1.82, 2.24) is 4.90 Å². The summed E-state index contributed by atoms with van der Waals surface area (Å²) in [6.07, 6.45) is 1.59. The molecule has 0 fully saturated rings. The van der Waals surface area contributed by atoms with Crippen LogP contribution in [0.5, 0.6) is 0 Å². The first-order valence-electron chi connectivity index (χ1n) is 5.46. The normalized spacial score (nSPS) is 12.8. The van der Waals surface area contributed by atoms with Crippen molar-refractivity contribution in [3.05, 3.63) is 34.3 Å². The minimum Gasteiger partial charge on any atom is -0.309 e. The molecule has 1 rings (SSSR count). The molecule has 0 bridgehead atoms. The second-order valence-corrected chi connectivity index (χ2v) is 5.34. The van der Waals surface area contributed by atoms with E-state index in [4.69, 9.17) is 5.41 Å². The van der Waals surface area contributed by atoms with Crippen LogP contribution in [0.2, 0.25) is 0 Å². The molecular weight excluding hydrogens is 264 g/mol. The molecular formula is C13H19BrN2. The van der Waals surface area contributed by atoms with Crippen LogP contribution < -0.4 is 0 Å². The predicted octanol–water partition coefficient (Wildman–Crippen LogP) is 3.35. The van der Waals surface area contributed by atoms with E-state index in [0.717, 1.165) is 23.0 Å². The minimum absolute atomic E-state index is 0.433. The molecule has 1 aromatic carbocycles. The number of rotatable bonds is 5. The van der Waals surface area contributed by atoms with Gasteiger partial charge in [0.2, 0.25) is 0 Å². The van der Waals surface area contributed by atoms with E-state index in [9.17, 15) is 0 Å². The number of benzene rings is 1. The Hall–Kier alpha value is -0.670. The lowest BCUT2D eigenvalue weighted by molar-refractivity contribution is 0.320. The van der Waals surface area contributed by atoms with Crippen LogP contribution in [0.25, 0.3) is 0 Å². The monoisotopic (exact) mass is 282 g/mol. The smallest absolute Gasteiger partial charge is 0.0175 e. The summed E-state index contributed by atoms with van der Waals surface area (Å²) >= 11 is 3.41. The van der Waals surface area contributed by atoms with Gasteiger partial charge in [0.05, 0.1) is 0 Å². The van der Waals surface area contributed by atoms with E-state index in [1.165, 1.54) is 5.56 Å². The molecule has 0 aliphatic heterocycles. The minimum atomic E-state index is 0.433. The van der Waals surface area contributed by atoms with Gasteiger partial charge in [-0.25, -0.2) is 0 Å². The maximum Gasteiger partial charge on any atom is 0.0175 e. The molecule has 1 unspecified atom stereocenters. The predicted molar refractivity (Wildman–Crippen MR) is 73.3 cm³/mol. The third-order valence-corrected chi connectivity index (χ3v) is 3.28. The lowest BCUT2D eigenvalue weighted by Crippen LogP contribution is -2.27. The molecule has 0 aromatic heterocycles. The fraction of sp³-hybridized carbons (Fsp3) is 0.462. The van der Waals surface area contributed by atoms with Gasteiger partial charge >= 0.3 is 0 Å². The lowest BCUT2D eigenvalue weighted by Gasteiger charge is -2.19. The summed E-state index contributed by atoms with van der Waals surface area (Å²) < 4.78 is 1.09. The molecule has 88 valence electrons. The van der Waals surface area contributed by atoms with Crippen LogP contribution >= 0.6 is 15.9 Å². The van der Waals surface area contributed by atoms with Gasteiger partial charge in [0.15, 0.2) is 0 Å². The summed E-state index contributed by atoms with van der Waals surface area (Å²) in [6.45, 7) is 2.15. The van der Waals surface area contributed by atoms with Crippen molar-refractivity contribution in [2.75, 3.05) is 14.1 Å². The van der Waals surface area contributed by atoms with E-state index in [1.54, 1.807) is 0 Å². The van der Waals surface area contributed by atoms with E-state index < -0.39 is 0 Å². The topological polar surface area (TPSA) is 27.1 Å². The number of nitrogens with zero attached hydrogens (tertiary/aromatic N) is 1. The largest absolute Gasteiger partial charge is 0.309 e.